The Labute approximate surface area is 149 Å². The highest BCUT2D eigenvalue weighted by molar-refractivity contribution is 5.89. The maximum absolute atomic E-state index is 12.2. The van der Waals surface area contributed by atoms with Crippen LogP contribution in [0.5, 0.6) is 0 Å². The van der Waals surface area contributed by atoms with Gasteiger partial charge in [-0.2, -0.15) is 5.10 Å². The molecule has 0 bridgehead atoms. The zero-order valence-corrected chi connectivity index (χ0v) is 14.1. The molecule has 2 aromatic carbocycles. The Bertz CT molecular complexity index is 1040. The predicted molar refractivity (Wildman–Crippen MR) is 93.2 cm³/mol. The van der Waals surface area contributed by atoms with Gasteiger partial charge in [0.2, 0.25) is 0 Å². The molecule has 26 heavy (non-hydrogen) atoms. The first-order chi connectivity index (χ1) is 12.7. The van der Waals surface area contributed by atoms with E-state index in [1.54, 1.807) is 27.8 Å². The number of aryl methyl sites for hydroxylation is 1. The van der Waals surface area contributed by atoms with Crippen LogP contribution in [-0.2, 0) is 24.9 Å². The van der Waals surface area contributed by atoms with Gasteiger partial charge in [-0.25, -0.2) is 19.1 Å². The van der Waals surface area contributed by atoms with Crippen LogP contribution in [-0.4, -0.2) is 35.7 Å². The second-order valence-corrected chi connectivity index (χ2v) is 5.90. The molecule has 0 aliphatic rings. The number of carbonyl (C=O) groups is 1. The number of benzene rings is 2. The summed E-state index contributed by atoms with van der Waals surface area (Å²) in [6.45, 7) is 0.791. The molecule has 0 saturated carbocycles. The van der Waals surface area contributed by atoms with E-state index in [9.17, 15) is 4.79 Å². The van der Waals surface area contributed by atoms with Gasteiger partial charge in [0.15, 0.2) is 0 Å². The van der Waals surface area contributed by atoms with Gasteiger partial charge in [-0.15, -0.1) is 5.10 Å². The van der Waals surface area contributed by atoms with Crippen LogP contribution in [0.4, 0.5) is 0 Å². The highest BCUT2D eigenvalue weighted by Gasteiger charge is 2.09. The van der Waals surface area contributed by atoms with Crippen molar-refractivity contribution in [3.8, 4) is 0 Å². The minimum Gasteiger partial charge on any atom is -0.457 e. The minimum absolute atomic E-state index is 0.187. The molecule has 130 valence electrons. The number of ether oxygens (including phenoxy) is 1. The summed E-state index contributed by atoms with van der Waals surface area (Å²) in [6.07, 6.45) is 3.14. The van der Waals surface area contributed by atoms with Crippen LogP contribution < -0.4 is 0 Å². The topological polar surface area (TPSA) is 87.7 Å². The molecule has 0 amide bonds. The maximum Gasteiger partial charge on any atom is 0.338 e. The minimum atomic E-state index is -0.364. The van der Waals surface area contributed by atoms with E-state index in [0.717, 1.165) is 22.2 Å². The van der Waals surface area contributed by atoms with E-state index in [1.807, 2.05) is 37.4 Å². The lowest BCUT2D eigenvalue weighted by atomic mass is 10.1. The van der Waals surface area contributed by atoms with Crippen LogP contribution in [0, 0.1) is 0 Å². The third kappa shape index (κ3) is 3.30. The Morgan fingerprint density at radius 1 is 1.12 bits per heavy atom. The van der Waals surface area contributed by atoms with Gasteiger partial charge in [0, 0.05) is 7.05 Å². The van der Waals surface area contributed by atoms with Crippen LogP contribution in [0.15, 0.2) is 55.1 Å². The van der Waals surface area contributed by atoms with E-state index in [-0.39, 0.29) is 12.6 Å². The van der Waals surface area contributed by atoms with E-state index in [0.29, 0.717) is 12.1 Å². The highest BCUT2D eigenvalue weighted by Crippen LogP contribution is 2.14. The van der Waals surface area contributed by atoms with E-state index in [1.165, 1.54) is 6.33 Å². The van der Waals surface area contributed by atoms with E-state index >= 15 is 0 Å². The lowest BCUT2D eigenvalue weighted by Crippen LogP contribution is -2.06. The first-order valence-electron chi connectivity index (χ1n) is 8.06. The smallest absolute Gasteiger partial charge is 0.338 e. The molecule has 0 saturated heterocycles. The molecular weight excluding hydrogens is 332 g/mol. The van der Waals surface area contributed by atoms with Crippen molar-refractivity contribution >= 4 is 17.0 Å². The number of esters is 1. The Kier molecular flexibility index (Phi) is 4.14. The second-order valence-electron chi connectivity index (χ2n) is 5.90. The number of hydrogen-bond acceptors (Lipinski definition) is 6. The Hall–Kier alpha value is -3.55. The summed E-state index contributed by atoms with van der Waals surface area (Å²) in [7, 11) is 1.83. The predicted octanol–water partition coefficient (Wildman–Crippen LogP) is 1.97. The Morgan fingerprint density at radius 2 is 1.92 bits per heavy atom. The van der Waals surface area contributed by atoms with Crippen molar-refractivity contribution in [1.82, 2.24) is 29.8 Å². The molecule has 8 nitrogen and oxygen atoms in total. The summed E-state index contributed by atoms with van der Waals surface area (Å²) >= 11 is 0. The molecule has 0 fully saturated rings. The standard InChI is InChI=1S/C18H16N6O2/c1-23-17-7-4-14(8-16(17)21-22-23)10-26-18(25)15-5-2-13(3-6-15)9-24-12-19-11-20-24/h2-8,11-12H,9-10H2,1H3. The summed E-state index contributed by atoms with van der Waals surface area (Å²) in [6, 6.07) is 12.9. The molecule has 0 N–H and O–H groups in total. The summed E-state index contributed by atoms with van der Waals surface area (Å²) in [5.74, 6) is -0.364. The van der Waals surface area contributed by atoms with Crippen molar-refractivity contribution in [3.05, 3.63) is 71.8 Å². The normalized spacial score (nSPS) is 11.0. The number of nitrogens with zero attached hydrogens (tertiary/aromatic N) is 6. The van der Waals surface area contributed by atoms with Crippen molar-refractivity contribution in [2.75, 3.05) is 0 Å². The van der Waals surface area contributed by atoms with Gasteiger partial charge < -0.3 is 4.74 Å². The summed E-state index contributed by atoms with van der Waals surface area (Å²) in [5, 5.41) is 12.1. The Balaban J connectivity index is 1.39. The average Bonchev–Trinajstić information content (AvgIpc) is 3.30. The number of rotatable bonds is 5. The molecule has 0 atom stereocenters. The van der Waals surface area contributed by atoms with E-state index in [4.69, 9.17) is 4.74 Å². The van der Waals surface area contributed by atoms with Crippen molar-refractivity contribution in [1.29, 1.82) is 0 Å². The van der Waals surface area contributed by atoms with Crippen LogP contribution in [0.3, 0.4) is 0 Å². The zero-order valence-electron chi connectivity index (χ0n) is 14.1. The third-order valence-corrected chi connectivity index (χ3v) is 4.05. The number of fused-ring (bicyclic) bond motifs is 1. The van der Waals surface area contributed by atoms with Gasteiger partial charge in [0.1, 0.15) is 24.8 Å². The molecule has 8 heteroatoms. The molecule has 0 spiro atoms. The largest absolute Gasteiger partial charge is 0.457 e. The molecule has 0 radical (unpaired) electrons. The fourth-order valence-electron chi connectivity index (χ4n) is 2.66. The summed E-state index contributed by atoms with van der Waals surface area (Å²) < 4.78 is 8.81. The lowest BCUT2D eigenvalue weighted by molar-refractivity contribution is 0.0473. The molecule has 0 unspecified atom stereocenters. The SMILES string of the molecule is Cn1nnc2cc(COC(=O)c3ccc(Cn4cncn4)cc3)ccc21. The third-order valence-electron chi connectivity index (χ3n) is 4.05. The summed E-state index contributed by atoms with van der Waals surface area (Å²) in [5.41, 5.74) is 4.11. The first kappa shape index (κ1) is 15.9. The number of hydrogen-bond donors (Lipinski definition) is 0. The molecular formula is C18H16N6O2. The fourth-order valence-corrected chi connectivity index (χ4v) is 2.66. The van der Waals surface area contributed by atoms with Gasteiger partial charge in [-0.1, -0.05) is 23.4 Å². The first-order valence-corrected chi connectivity index (χ1v) is 8.06. The monoisotopic (exact) mass is 348 g/mol. The molecule has 4 rings (SSSR count). The summed E-state index contributed by atoms with van der Waals surface area (Å²) in [4.78, 5) is 16.1. The van der Waals surface area contributed by atoms with Gasteiger partial charge in [-0.3, -0.25) is 0 Å². The van der Waals surface area contributed by atoms with E-state index < -0.39 is 0 Å². The van der Waals surface area contributed by atoms with E-state index in [2.05, 4.69) is 20.4 Å². The molecule has 0 aliphatic heterocycles. The quantitative estimate of drug-likeness (QED) is 0.512. The van der Waals surface area contributed by atoms with Crippen molar-refractivity contribution in [2.24, 2.45) is 7.05 Å². The van der Waals surface area contributed by atoms with Gasteiger partial charge >= 0.3 is 5.97 Å². The molecule has 4 aromatic rings. The number of aromatic nitrogens is 6. The van der Waals surface area contributed by atoms with Gasteiger partial charge in [-0.05, 0) is 35.4 Å². The second kappa shape index (κ2) is 6.75. The van der Waals surface area contributed by atoms with Crippen LogP contribution in [0.1, 0.15) is 21.5 Å². The van der Waals surface area contributed by atoms with Crippen LogP contribution >= 0.6 is 0 Å². The van der Waals surface area contributed by atoms with Crippen LogP contribution in [0.2, 0.25) is 0 Å². The molecule has 2 heterocycles. The van der Waals surface area contributed by atoms with Crippen molar-refractivity contribution < 1.29 is 9.53 Å². The van der Waals surface area contributed by atoms with Gasteiger partial charge in [0.05, 0.1) is 17.6 Å². The average molecular weight is 348 g/mol. The molecule has 0 aliphatic carbocycles. The molecule has 2 aromatic heterocycles. The van der Waals surface area contributed by atoms with Crippen LogP contribution in [0.25, 0.3) is 11.0 Å². The number of carbonyl (C=O) groups excluding carboxylic acids is 1. The lowest BCUT2D eigenvalue weighted by Gasteiger charge is -2.06. The highest BCUT2D eigenvalue weighted by atomic mass is 16.5. The van der Waals surface area contributed by atoms with Crippen molar-refractivity contribution in [2.45, 2.75) is 13.2 Å². The Morgan fingerprint density at radius 3 is 2.69 bits per heavy atom. The fraction of sp³-hybridized carbons (Fsp3) is 0.167. The van der Waals surface area contributed by atoms with Gasteiger partial charge in [0.25, 0.3) is 0 Å². The maximum atomic E-state index is 12.2. The zero-order chi connectivity index (χ0) is 17.9. The van der Waals surface area contributed by atoms with Crippen molar-refractivity contribution in [3.63, 3.8) is 0 Å².